The third-order valence-electron chi connectivity index (χ3n) is 4.78. The summed E-state index contributed by atoms with van der Waals surface area (Å²) in [6.07, 6.45) is 3.31. The average molecular weight is 311 g/mol. The molecule has 1 atom stereocenters. The van der Waals surface area contributed by atoms with Gasteiger partial charge in [-0.25, -0.2) is 0 Å². The van der Waals surface area contributed by atoms with Crippen molar-refractivity contribution in [2.24, 2.45) is 0 Å². The third kappa shape index (κ3) is 3.50. The summed E-state index contributed by atoms with van der Waals surface area (Å²) in [5, 5.41) is 19.8. The highest BCUT2D eigenvalue weighted by Crippen LogP contribution is 2.37. The Bertz CT molecular complexity index is 654. The first-order valence-electron chi connectivity index (χ1n) is 8.51. The zero-order valence-electron chi connectivity index (χ0n) is 13.7. The molecule has 0 radical (unpaired) electrons. The van der Waals surface area contributed by atoms with E-state index in [0.717, 1.165) is 37.2 Å². The van der Waals surface area contributed by atoms with Gasteiger partial charge in [-0.1, -0.05) is 43.7 Å². The normalized spacial score (nSPS) is 18.4. The molecule has 3 heteroatoms. The van der Waals surface area contributed by atoms with Crippen LogP contribution in [0.25, 0.3) is 0 Å². The van der Waals surface area contributed by atoms with Gasteiger partial charge >= 0.3 is 0 Å². The molecule has 0 bridgehead atoms. The van der Waals surface area contributed by atoms with E-state index >= 15 is 0 Å². The lowest BCUT2D eigenvalue weighted by atomic mass is 9.87. The molecule has 0 saturated carbocycles. The van der Waals surface area contributed by atoms with Crippen LogP contribution in [-0.4, -0.2) is 34.7 Å². The van der Waals surface area contributed by atoms with Gasteiger partial charge in [0.05, 0.1) is 0 Å². The van der Waals surface area contributed by atoms with Crippen molar-refractivity contribution >= 4 is 0 Å². The Morgan fingerprint density at radius 3 is 2.57 bits per heavy atom. The zero-order chi connectivity index (χ0) is 16.2. The van der Waals surface area contributed by atoms with Crippen LogP contribution in [0.2, 0.25) is 0 Å². The summed E-state index contributed by atoms with van der Waals surface area (Å²) in [7, 11) is 0. The van der Waals surface area contributed by atoms with Gasteiger partial charge < -0.3 is 15.1 Å². The SMILES string of the molecule is CCCCN1CCc2cc(O)c(O)cc2C(c2ccccc2)C1. The van der Waals surface area contributed by atoms with E-state index in [1.54, 1.807) is 12.1 Å². The van der Waals surface area contributed by atoms with Crippen molar-refractivity contribution in [3.05, 3.63) is 59.2 Å². The number of benzene rings is 2. The van der Waals surface area contributed by atoms with Gasteiger partial charge in [0, 0.05) is 19.0 Å². The topological polar surface area (TPSA) is 43.7 Å². The van der Waals surface area contributed by atoms with E-state index < -0.39 is 0 Å². The smallest absolute Gasteiger partial charge is 0.157 e. The number of rotatable bonds is 4. The van der Waals surface area contributed by atoms with Gasteiger partial charge in [-0.2, -0.15) is 0 Å². The number of nitrogens with zero attached hydrogens (tertiary/aromatic N) is 1. The van der Waals surface area contributed by atoms with Crippen LogP contribution < -0.4 is 0 Å². The molecule has 1 unspecified atom stereocenters. The van der Waals surface area contributed by atoms with Crippen LogP contribution in [0.5, 0.6) is 11.5 Å². The van der Waals surface area contributed by atoms with E-state index in [1.165, 1.54) is 18.4 Å². The molecule has 0 saturated heterocycles. The van der Waals surface area contributed by atoms with E-state index in [2.05, 4.69) is 36.1 Å². The molecule has 2 aromatic carbocycles. The fourth-order valence-corrected chi connectivity index (χ4v) is 3.46. The summed E-state index contributed by atoms with van der Waals surface area (Å²) in [5.74, 6) is 0.196. The van der Waals surface area contributed by atoms with Gasteiger partial charge in [-0.05, 0) is 48.2 Å². The van der Waals surface area contributed by atoms with Crippen molar-refractivity contribution in [3.8, 4) is 11.5 Å². The van der Waals surface area contributed by atoms with Crippen LogP contribution in [0.1, 0.15) is 42.4 Å². The molecule has 2 aromatic rings. The lowest BCUT2D eigenvalue weighted by Gasteiger charge is -2.25. The third-order valence-corrected chi connectivity index (χ3v) is 4.78. The van der Waals surface area contributed by atoms with E-state index in [4.69, 9.17) is 0 Å². The average Bonchev–Trinajstić information content (AvgIpc) is 2.74. The van der Waals surface area contributed by atoms with Gasteiger partial charge in [-0.15, -0.1) is 0 Å². The minimum Gasteiger partial charge on any atom is -0.504 e. The van der Waals surface area contributed by atoms with Crippen LogP contribution in [-0.2, 0) is 6.42 Å². The Kier molecular flexibility index (Phi) is 4.87. The molecular formula is C20H25NO2. The van der Waals surface area contributed by atoms with Crippen molar-refractivity contribution in [2.75, 3.05) is 19.6 Å². The summed E-state index contributed by atoms with van der Waals surface area (Å²) in [6, 6.07) is 14.0. The molecule has 122 valence electrons. The fraction of sp³-hybridized carbons (Fsp3) is 0.400. The van der Waals surface area contributed by atoms with Crippen LogP contribution in [0.3, 0.4) is 0 Å². The molecule has 0 amide bonds. The summed E-state index contributed by atoms with van der Waals surface area (Å²) in [5.41, 5.74) is 3.56. The summed E-state index contributed by atoms with van der Waals surface area (Å²) < 4.78 is 0. The number of phenolic OH excluding ortho intramolecular Hbond substituents is 2. The van der Waals surface area contributed by atoms with Gasteiger partial charge in [0.25, 0.3) is 0 Å². The van der Waals surface area contributed by atoms with Crippen molar-refractivity contribution in [1.29, 1.82) is 0 Å². The van der Waals surface area contributed by atoms with E-state index in [0.29, 0.717) is 0 Å². The quantitative estimate of drug-likeness (QED) is 0.842. The van der Waals surface area contributed by atoms with Gasteiger partial charge in [-0.3, -0.25) is 0 Å². The Hall–Kier alpha value is -2.00. The molecule has 23 heavy (non-hydrogen) atoms. The second-order valence-electron chi connectivity index (χ2n) is 6.41. The molecule has 1 heterocycles. The molecule has 1 aliphatic rings. The first-order chi connectivity index (χ1) is 11.2. The van der Waals surface area contributed by atoms with Gasteiger partial charge in [0.2, 0.25) is 0 Å². The minimum atomic E-state index is -0.0216. The molecule has 3 nitrogen and oxygen atoms in total. The monoisotopic (exact) mass is 311 g/mol. The fourth-order valence-electron chi connectivity index (χ4n) is 3.46. The van der Waals surface area contributed by atoms with Gasteiger partial charge in [0.1, 0.15) is 0 Å². The van der Waals surface area contributed by atoms with Crippen molar-refractivity contribution < 1.29 is 10.2 Å². The summed E-state index contributed by atoms with van der Waals surface area (Å²) in [6.45, 7) is 5.28. The Labute approximate surface area is 138 Å². The van der Waals surface area contributed by atoms with E-state index in [9.17, 15) is 10.2 Å². The number of phenols is 2. The van der Waals surface area contributed by atoms with Crippen LogP contribution in [0, 0.1) is 0 Å². The Morgan fingerprint density at radius 1 is 1.09 bits per heavy atom. The Morgan fingerprint density at radius 2 is 1.83 bits per heavy atom. The van der Waals surface area contributed by atoms with E-state index in [1.807, 2.05) is 6.07 Å². The van der Waals surface area contributed by atoms with Crippen LogP contribution >= 0.6 is 0 Å². The molecule has 0 aliphatic carbocycles. The van der Waals surface area contributed by atoms with E-state index in [-0.39, 0.29) is 17.4 Å². The predicted octanol–water partition coefficient (Wildman–Crippen LogP) is 3.89. The summed E-state index contributed by atoms with van der Waals surface area (Å²) in [4.78, 5) is 2.51. The molecule has 0 aromatic heterocycles. The number of hydrogen-bond donors (Lipinski definition) is 2. The highest BCUT2D eigenvalue weighted by atomic mass is 16.3. The second kappa shape index (κ2) is 7.05. The molecule has 3 rings (SSSR count). The zero-order valence-corrected chi connectivity index (χ0v) is 13.7. The number of fused-ring (bicyclic) bond motifs is 1. The van der Waals surface area contributed by atoms with Crippen LogP contribution in [0.15, 0.2) is 42.5 Å². The highest BCUT2D eigenvalue weighted by Gasteiger charge is 2.25. The minimum absolute atomic E-state index is 0.0161. The largest absolute Gasteiger partial charge is 0.504 e. The number of unbranched alkanes of at least 4 members (excludes halogenated alkanes) is 1. The molecule has 1 aliphatic heterocycles. The lowest BCUT2D eigenvalue weighted by molar-refractivity contribution is 0.272. The first kappa shape index (κ1) is 15.9. The highest BCUT2D eigenvalue weighted by molar-refractivity contribution is 5.50. The predicted molar refractivity (Wildman–Crippen MR) is 93.1 cm³/mol. The molecular weight excluding hydrogens is 286 g/mol. The lowest BCUT2D eigenvalue weighted by Crippen LogP contribution is -2.29. The van der Waals surface area contributed by atoms with Crippen molar-refractivity contribution in [3.63, 3.8) is 0 Å². The van der Waals surface area contributed by atoms with Gasteiger partial charge in [0.15, 0.2) is 11.5 Å². The molecule has 0 fully saturated rings. The maximum Gasteiger partial charge on any atom is 0.157 e. The standard InChI is InChI=1S/C20H25NO2/c1-2-3-10-21-11-9-16-12-19(22)20(23)13-17(16)18(14-21)15-7-5-4-6-8-15/h4-8,12-13,18,22-23H,2-3,9-11,14H2,1H3. The molecule has 0 spiro atoms. The van der Waals surface area contributed by atoms with Crippen molar-refractivity contribution in [2.45, 2.75) is 32.1 Å². The molecule has 2 N–H and O–H groups in total. The maximum atomic E-state index is 9.98. The Balaban J connectivity index is 2.00. The summed E-state index contributed by atoms with van der Waals surface area (Å²) >= 11 is 0. The van der Waals surface area contributed by atoms with Crippen molar-refractivity contribution in [1.82, 2.24) is 4.90 Å². The second-order valence-corrected chi connectivity index (χ2v) is 6.41. The maximum absolute atomic E-state index is 9.98. The number of hydrogen-bond acceptors (Lipinski definition) is 3. The number of aromatic hydroxyl groups is 2. The first-order valence-corrected chi connectivity index (χ1v) is 8.51. The van der Waals surface area contributed by atoms with Crippen LogP contribution in [0.4, 0.5) is 0 Å².